The van der Waals surface area contributed by atoms with E-state index >= 15 is 0 Å². The summed E-state index contributed by atoms with van der Waals surface area (Å²) < 4.78 is 11.4. The third-order valence-corrected chi connectivity index (χ3v) is 6.13. The summed E-state index contributed by atoms with van der Waals surface area (Å²) >= 11 is 0. The van der Waals surface area contributed by atoms with E-state index in [1.807, 2.05) is 12.3 Å². The quantitative estimate of drug-likeness (QED) is 0.751. The highest BCUT2D eigenvalue weighted by atomic mass is 16.5. The van der Waals surface area contributed by atoms with Crippen molar-refractivity contribution in [2.24, 2.45) is 0 Å². The molecule has 150 valence electrons. The summed E-state index contributed by atoms with van der Waals surface area (Å²) in [6.45, 7) is 4.43. The number of piperidine rings is 1. The molecule has 0 radical (unpaired) electrons. The van der Waals surface area contributed by atoms with Gasteiger partial charge >= 0.3 is 0 Å². The highest BCUT2D eigenvalue weighted by Crippen LogP contribution is 2.35. The van der Waals surface area contributed by atoms with Crippen LogP contribution in [0.4, 0.5) is 5.82 Å². The van der Waals surface area contributed by atoms with Crippen LogP contribution in [0.5, 0.6) is 0 Å². The Hall–Kier alpha value is -2.06. The molecule has 0 spiro atoms. The number of hydrogen-bond donors (Lipinski definition) is 0. The minimum absolute atomic E-state index is 0.362. The van der Waals surface area contributed by atoms with Crippen molar-refractivity contribution in [2.45, 2.75) is 63.1 Å². The first-order valence-electron chi connectivity index (χ1n) is 10.5. The molecule has 8 heteroatoms. The van der Waals surface area contributed by atoms with Gasteiger partial charge in [0.15, 0.2) is 0 Å². The first kappa shape index (κ1) is 18.0. The number of anilines is 1. The van der Waals surface area contributed by atoms with E-state index in [2.05, 4.69) is 30.0 Å². The monoisotopic (exact) mass is 384 g/mol. The second kappa shape index (κ2) is 8.13. The van der Waals surface area contributed by atoms with Crippen LogP contribution >= 0.6 is 0 Å². The van der Waals surface area contributed by atoms with Gasteiger partial charge in [0.05, 0.1) is 6.54 Å². The number of likely N-dealkylation sites (tertiary alicyclic amines) is 1. The molecular formula is C20H28N6O2. The largest absolute Gasteiger partial charge is 0.424 e. The second-order valence-corrected chi connectivity index (χ2v) is 8.13. The smallest absolute Gasteiger partial charge is 0.230 e. The molecule has 3 fully saturated rings. The van der Waals surface area contributed by atoms with E-state index in [0.717, 1.165) is 76.1 Å². The normalized spacial score (nSPS) is 22.4. The highest BCUT2D eigenvalue weighted by molar-refractivity contribution is 5.41. The van der Waals surface area contributed by atoms with Gasteiger partial charge in [-0.2, -0.15) is 0 Å². The van der Waals surface area contributed by atoms with E-state index in [0.29, 0.717) is 18.0 Å². The Morgan fingerprint density at radius 1 is 1.00 bits per heavy atom. The average molecular weight is 384 g/mol. The molecule has 2 saturated heterocycles. The molecule has 2 aliphatic heterocycles. The Morgan fingerprint density at radius 3 is 2.50 bits per heavy atom. The van der Waals surface area contributed by atoms with Crippen molar-refractivity contribution in [1.29, 1.82) is 0 Å². The zero-order chi connectivity index (χ0) is 18.8. The molecule has 1 saturated carbocycles. The summed E-state index contributed by atoms with van der Waals surface area (Å²) in [6.07, 6.45) is 10.3. The SMILES string of the molecule is c1cc(N(C2CC2)C2CCN(Cc3nnc(C4CCOCC4)o3)CC2)ncn1. The predicted molar refractivity (Wildman–Crippen MR) is 103 cm³/mol. The van der Waals surface area contributed by atoms with Crippen molar-refractivity contribution in [2.75, 3.05) is 31.2 Å². The van der Waals surface area contributed by atoms with E-state index in [1.54, 1.807) is 6.33 Å². The van der Waals surface area contributed by atoms with Crippen molar-refractivity contribution in [3.05, 3.63) is 30.4 Å². The van der Waals surface area contributed by atoms with Gasteiger partial charge in [0, 0.05) is 50.5 Å². The predicted octanol–water partition coefficient (Wildman–Crippen LogP) is 2.39. The summed E-state index contributed by atoms with van der Waals surface area (Å²) in [5.74, 6) is 2.97. The Bertz CT molecular complexity index is 751. The van der Waals surface area contributed by atoms with Crippen molar-refractivity contribution in [3.63, 3.8) is 0 Å². The van der Waals surface area contributed by atoms with Gasteiger partial charge in [-0.3, -0.25) is 4.90 Å². The summed E-state index contributed by atoms with van der Waals surface area (Å²) in [6, 6.07) is 3.25. The van der Waals surface area contributed by atoms with Crippen LogP contribution in [0.2, 0.25) is 0 Å². The lowest BCUT2D eigenvalue weighted by molar-refractivity contribution is 0.0787. The lowest BCUT2D eigenvalue weighted by Crippen LogP contribution is -2.46. The standard InChI is InChI=1S/C20H28N6O2/c1-2-16(1)26(18-3-8-21-14-22-18)17-4-9-25(10-5-17)13-19-23-24-20(28-19)15-6-11-27-12-7-15/h3,8,14-17H,1-2,4-7,9-13H2. The van der Waals surface area contributed by atoms with E-state index in [9.17, 15) is 0 Å². The molecule has 0 atom stereocenters. The molecule has 5 rings (SSSR count). The maximum Gasteiger partial charge on any atom is 0.230 e. The van der Waals surface area contributed by atoms with Gasteiger partial charge in [-0.25, -0.2) is 9.97 Å². The number of aromatic nitrogens is 4. The van der Waals surface area contributed by atoms with E-state index < -0.39 is 0 Å². The Labute approximate surface area is 165 Å². The van der Waals surface area contributed by atoms with Crippen LogP contribution in [0.25, 0.3) is 0 Å². The Morgan fingerprint density at radius 2 is 1.79 bits per heavy atom. The average Bonchev–Trinajstić information content (AvgIpc) is 3.48. The molecule has 28 heavy (non-hydrogen) atoms. The Kier molecular flexibility index (Phi) is 5.22. The fourth-order valence-corrected chi connectivity index (χ4v) is 4.45. The van der Waals surface area contributed by atoms with Gasteiger partial charge in [0.1, 0.15) is 12.1 Å². The molecule has 0 N–H and O–H groups in total. The fraction of sp³-hybridized carbons (Fsp3) is 0.700. The minimum Gasteiger partial charge on any atom is -0.424 e. The van der Waals surface area contributed by atoms with Crippen LogP contribution in [0.1, 0.15) is 56.2 Å². The zero-order valence-corrected chi connectivity index (χ0v) is 16.2. The van der Waals surface area contributed by atoms with Crippen LogP contribution in [-0.2, 0) is 11.3 Å². The molecule has 0 aromatic carbocycles. The summed E-state index contributed by atoms with van der Waals surface area (Å²) in [5, 5.41) is 8.60. The van der Waals surface area contributed by atoms with Gasteiger partial charge in [0.2, 0.25) is 11.8 Å². The maximum absolute atomic E-state index is 5.97. The molecule has 1 aliphatic carbocycles. The lowest BCUT2D eigenvalue weighted by Gasteiger charge is -2.39. The molecule has 4 heterocycles. The van der Waals surface area contributed by atoms with Gasteiger partial charge < -0.3 is 14.1 Å². The van der Waals surface area contributed by atoms with Crippen LogP contribution in [-0.4, -0.2) is 63.5 Å². The van der Waals surface area contributed by atoms with E-state index in [1.165, 1.54) is 12.8 Å². The van der Waals surface area contributed by atoms with Crippen LogP contribution in [0, 0.1) is 0 Å². The maximum atomic E-state index is 5.97. The first-order valence-corrected chi connectivity index (χ1v) is 10.5. The summed E-state index contributed by atoms with van der Waals surface area (Å²) in [5.41, 5.74) is 0. The lowest BCUT2D eigenvalue weighted by atomic mass is 10.0. The molecule has 3 aliphatic rings. The number of rotatable bonds is 6. The van der Waals surface area contributed by atoms with Crippen molar-refractivity contribution in [1.82, 2.24) is 25.1 Å². The van der Waals surface area contributed by atoms with Crippen LogP contribution in [0.3, 0.4) is 0 Å². The third-order valence-electron chi connectivity index (χ3n) is 6.13. The number of nitrogens with zero attached hydrogens (tertiary/aromatic N) is 6. The number of hydrogen-bond acceptors (Lipinski definition) is 8. The van der Waals surface area contributed by atoms with Gasteiger partial charge in [-0.1, -0.05) is 0 Å². The molecule has 0 bridgehead atoms. The molecule has 2 aromatic heterocycles. The van der Waals surface area contributed by atoms with Gasteiger partial charge in [0.25, 0.3) is 0 Å². The van der Waals surface area contributed by atoms with Gasteiger partial charge in [-0.05, 0) is 44.6 Å². The summed E-state index contributed by atoms with van der Waals surface area (Å²) in [7, 11) is 0. The van der Waals surface area contributed by atoms with Gasteiger partial charge in [-0.15, -0.1) is 10.2 Å². The highest BCUT2D eigenvalue weighted by Gasteiger charge is 2.36. The molecule has 8 nitrogen and oxygen atoms in total. The van der Waals surface area contributed by atoms with Crippen molar-refractivity contribution < 1.29 is 9.15 Å². The third kappa shape index (κ3) is 4.03. The topological polar surface area (TPSA) is 80.4 Å². The second-order valence-electron chi connectivity index (χ2n) is 8.13. The molecular weight excluding hydrogens is 356 g/mol. The molecule has 0 amide bonds. The number of ether oxygens (including phenoxy) is 1. The molecule has 0 unspecified atom stereocenters. The van der Waals surface area contributed by atoms with E-state index in [-0.39, 0.29) is 0 Å². The first-order chi connectivity index (χ1) is 13.9. The zero-order valence-electron chi connectivity index (χ0n) is 16.2. The summed E-state index contributed by atoms with van der Waals surface area (Å²) in [4.78, 5) is 13.5. The van der Waals surface area contributed by atoms with Crippen LogP contribution in [0.15, 0.2) is 23.0 Å². The molecule has 2 aromatic rings. The fourth-order valence-electron chi connectivity index (χ4n) is 4.45. The van der Waals surface area contributed by atoms with Crippen LogP contribution < -0.4 is 4.90 Å². The Balaban J connectivity index is 1.17. The van der Waals surface area contributed by atoms with Crippen molar-refractivity contribution in [3.8, 4) is 0 Å². The minimum atomic E-state index is 0.362. The van der Waals surface area contributed by atoms with E-state index in [4.69, 9.17) is 9.15 Å². The van der Waals surface area contributed by atoms with Crippen molar-refractivity contribution >= 4 is 5.82 Å².